The Balaban J connectivity index is 1.77. The lowest BCUT2D eigenvalue weighted by atomic mass is 10.0. The quantitative estimate of drug-likeness (QED) is 0.456. The van der Waals surface area contributed by atoms with Crippen molar-refractivity contribution in [3.8, 4) is 5.75 Å². The van der Waals surface area contributed by atoms with Gasteiger partial charge in [-0.3, -0.25) is 9.59 Å². The molecule has 1 aromatic carbocycles. The van der Waals surface area contributed by atoms with E-state index in [2.05, 4.69) is 33.2 Å². The molecule has 1 saturated heterocycles. The van der Waals surface area contributed by atoms with Gasteiger partial charge in [0.15, 0.2) is 6.61 Å². The Morgan fingerprint density at radius 1 is 1.39 bits per heavy atom. The number of carbonyl (C=O) groups is 2. The van der Waals surface area contributed by atoms with Gasteiger partial charge < -0.3 is 15.4 Å². The average molecular weight is 360 g/mol. The number of benzene rings is 1. The number of rotatable bonds is 5. The number of β-lactam (4-membered cyclic amide) rings is 1. The van der Waals surface area contributed by atoms with Crippen molar-refractivity contribution in [1.82, 2.24) is 10.6 Å². The molecule has 1 fully saturated rings. The first-order valence-corrected chi connectivity index (χ1v) is 7.07. The number of alkyl halides is 1. The SMILES string of the molecule is O=C(COc1ccccc1)NC1C(=O)NC1CI. The highest BCUT2D eigenvalue weighted by molar-refractivity contribution is 14.1. The van der Waals surface area contributed by atoms with Crippen LogP contribution in [0.15, 0.2) is 30.3 Å². The summed E-state index contributed by atoms with van der Waals surface area (Å²) in [6.45, 7) is -0.0816. The van der Waals surface area contributed by atoms with Gasteiger partial charge in [0.25, 0.3) is 5.91 Å². The summed E-state index contributed by atoms with van der Waals surface area (Å²) in [6, 6.07) is 8.69. The second-order valence-electron chi connectivity index (χ2n) is 3.92. The predicted octanol–water partition coefficient (Wildman–Crippen LogP) is 0.484. The standard InChI is InChI=1S/C12H13IN2O3/c13-6-9-11(12(17)14-9)15-10(16)7-18-8-4-2-1-3-5-8/h1-5,9,11H,6-7H2,(H,14,17)(H,15,16). The Kier molecular flexibility index (Phi) is 4.40. The van der Waals surface area contributed by atoms with Crippen LogP contribution in [0.1, 0.15) is 0 Å². The molecule has 0 aromatic heterocycles. The molecule has 0 radical (unpaired) electrons. The zero-order valence-corrected chi connectivity index (χ0v) is 11.7. The number of amides is 2. The third kappa shape index (κ3) is 3.12. The molecule has 0 aliphatic carbocycles. The molecule has 1 aliphatic rings. The van der Waals surface area contributed by atoms with Crippen LogP contribution < -0.4 is 15.4 Å². The van der Waals surface area contributed by atoms with Crippen LogP contribution in [0.25, 0.3) is 0 Å². The molecule has 1 aromatic rings. The summed E-state index contributed by atoms with van der Waals surface area (Å²) < 4.78 is 6.07. The highest BCUT2D eigenvalue weighted by Gasteiger charge is 2.39. The van der Waals surface area contributed by atoms with Crippen LogP contribution in [0.3, 0.4) is 0 Å². The first kappa shape index (κ1) is 13.1. The van der Waals surface area contributed by atoms with Crippen molar-refractivity contribution in [3.05, 3.63) is 30.3 Å². The molecule has 0 saturated carbocycles. The monoisotopic (exact) mass is 360 g/mol. The lowest BCUT2D eigenvalue weighted by molar-refractivity contribution is -0.136. The summed E-state index contributed by atoms with van der Waals surface area (Å²) in [7, 11) is 0. The van der Waals surface area contributed by atoms with E-state index < -0.39 is 6.04 Å². The van der Waals surface area contributed by atoms with Crippen LogP contribution in [0.5, 0.6) is 5.75 Å². The van der Waals surface area contributed by atoms with Crippen LogP contribution in [0, 0.1) is 0 Å². The third-order valence-electron chi connectivity index (χ3n) is 2.61. The van der Waals surface area contributed by atoms with E-state index in [1.54, 1.807) is 12.1 Å². The molecule has 6 heteroatoms. The molecule has 18 heavy (non-hydrogen) atoms. The van der Waals surface area contributed by atoms with Crippen molar-refractivity contribution in [3.63, 3.8) is 0 Å². The normalized spacial score (nSPS) is 21.7. The minimum absolute atomic E-state index is 0.0266. The van der Waals surface area contributed by atoms with Crippen molar-refractivity contribution in [1.29, 1.82) is 0 Å². The Bertz CT molecular complexity index is 438. The maximum absolute atomic E-state index is 11.6. The van der Waals surface area contributed by atoms with Gasteiger partial charge in [-0.25, -0.2) is 0 Å². The van der Waals surface area contributed by atoms with Gasteiger partial charge in [0, 0.05) is 4.43 Å². The highest BCUT2D eigenvalue weighted by Crippen LogP contribution is 2.10. The summed E-state index contributed by atoms with van der Waals surface area (Å²) in [4.78, 5) is 22.8. The summed E-state index contributed by atoms with van der Waals surface area (Å²) >= 11 is 2.17. The minimum atomic E-state index is -0.422. The van der Waals surface area contributed by atoms with E-state index >= 15 is 0 Å². The Morgan fingerprint density at radius 2 is 2.11 bits per heavy atom. The van der Waals surface area contributed by atoms with Crippen molar-refractivity contribution in [2.24, 2.45) is 0 Å². The third-order valence-corrected chi connectivity index (χ3v) is 3.56. The Hall–Kier alpha value is -1.31. The zero-order chi connectivity index (χ0) is 13.0. The topological polar surface area (TPSA) is 67.4 Å². The molecule has 2 unspecified atom stereocenters. The van der Waals surface area contributed by atoms with Gasteiger partial charge in [0.2, 0.25) is 5.91 Å². The number of ether oxygens (including phenoxy) is 1. The van der Waals surface area contributed by atoms with E-state index in [-0.39, 0.29) is 24.5 Å². The van der Waals surface area contributed by atoms with Gasteiger partial charge in [0.05, 0.1) is 6.04 Å². The first-order valence-electron chi connectivity index (χ1n) is 5.54. The molecule has 2 rings (SSSR count). The molecule has 96 valence electrons. The van der Waals surface area contributed by atoms with Crippen molar-refractivity contribution < 1.29 is 14.3 Å². The molecule has 1 heterocycles. The number of nitrogens with one attached hydrogen (secondary N) is 2. The van der Waals surface area contributed by atoms with Crippen molar-refractivity contribution >= 4 is 34.4 Å². The fourth-order valence-electron chi connectivity index (χ4n) is 1.62. The van der Waals surface area contributed by atoms with Gasteiger partial charge in [-0.05, 0) is 12.1 Å². The summed E-state index contributed by atoms with van der Waals surface area (Å²) in [5, 5.41) is 5.38. The van der Waals surface area contributed by atoms with Crippen LogP contribution in [0.4, 0.5) is 0 Å². The lowest BCUT2D eigenvalue weighted by Crippen LogP contribution is -2.70. The molecule has 0 spiro atoms. The summed E-state index contributed by atoms with van der Waals surface area (Å²) in [6.07, 6.45) is 0. The van der Waals surface area contributed by atoms with Gasteiger partial charge in [-0.1, -0.05) is 40.8 Å². The Morgan fingerprint density at radius 3 is 2.72 bits per heavy atom. The maximum atomic E-state index is 11.6. The first-order chi connectivity index (χ1) is 8.70. The molecule has 5 nitrogen and oxygen atoms in total. The summed E-state index contributed by atoms with van der Waals surface area (Å²) in [5.74, 6) is 0.217. The van der Waals surface area contributed by atoms with E-state index in [4.69, 9.17) is 4.74 Å². The second-order valence-corrected chi connectivity index (χ2v) is 4.80. The second kappa shape index (κ2) is 6.03. The highest BCUT2D eigenvalue weighted by atomic mass is 127. The molecule has 1 aliphatic heterocycles. The van der Waals surface area contributed by atoms with Gasteiger partial charge in [0.1, 0.15) is 11.8 Å². The number of hydrogen-bond donors (Lipinski definition) is 2. The number of hydrogen-bond acceptors (Lipinski definition) is 3. The number of carbonyl (C=O) groups excluding carboxylic acids is 2. The van der Waals surface area contributed by atoms with Gasteiger partial charge >= 0.3 is 0 Å². The van der Waals surface area contributed by atoms with E-state index in [9.17, 15) is 9.59 Å². The van der Waals surface area contributed by atoms with E-state index in [1.807, 2.05) is 18.2 Å². The number of para-hydroxylation sites is 1. The average Bonchev–Trinajstić information content (AvgIpc) is 2.41. The van der Waals surface area contributed by atoms with Crippen molar-refractivity contribution in [2.75, 3.05) is 11.0 Å². The molecular formula is C12H13IN2O3. The largest absolute Gasteiger partial charge is 0.484 e. The van der Waals surface area contributed by atoms with Gasteiger partial charge in [-0.15, -0.1) is 0 Å². The zero-order valence-electron chi connectivity index (χ0n) is 9.56. The fourth-order valence-corrected chi connectivity index (χ4v) is 2.35. The van der Waals surface area contributed by atoms with Crippen LogP contribution in [0.2, 0.25) is 0 Å². The lowest BCUT2D eigenvalue weighted by Gasteiger charge is -2.35. The van der Waals surface area contributed by atoms with Gasteiger partial charge in [-0.2, -0.15) is 0 Å². The molecule has 2 amide bonds. The minimum Gasteiger partial charge on any atom is -0.484 e. The molecular weight excluding hydrogens is 347 g/mol. The van der Waals surface area contributed by atoms with Crippen molar-refractivity contribution in [2.45, 2.75) is 12.1 Å². The predicted molar refractivity (Wildman–Crippen MR) is 74.7 cm³/mol. The van der Waals surface area contributed by atoms with Crippen LogP contribution in [-0.2, 0) is 9.59 Å². The summed E-state index contributed by atoms with van der Waals surface area (Å²) in [5.41, 5.74) is 0. The van der Waals surface area contributed by atoms with E-state index in [1.165, 1.54) is 0 Å². The maximum Gasteiger partial charge on any atom is 0.258 e. The number of halogens is 1. The van der Waals surface area contributed by atoms with Crippen LogP contribution in [-0.4, -0.2) is 34.9 Å². The fraction of sp³-hybridized carbons (Fsp3) is 0.333. The molecule has 2 N–H and O–H groups in total. The smallest absolute Gasteiger partial charge is 0.258 e. The van der Waals surface area contributed by atoms with E-state index in [0.29, 0.717) is 5.75 Å². The molecule has 2 atom stereocenters. The van der Waals surface area contributed by atoms with E-state index in [0.717, 1.165) is 4.43 Å². The Labute approximate surface area is 118 Å². The van der Waals surface area contributed by atoms with Crippen LogP contribution >= 0.6 is 22.6 Å². The molecule has 0 bridgehead atoms.